The Labute approximate surface area is 161 Å². The minimum absolute atomic E-state index is 0.289. The summed E-state index contributed by atoms with van der Waals surface area (Å²) in [4.78, 5) is 28.1. The normalized spacial score (nSPS) is 13.8. The summed E-state index contributed by atoms with van der Waals surface area (Å²) in [5, 5.41) is 6.57. The number of nitrogens with zero attached hydrogens (tertiary/aromatic N) is 1. The number of halogens is 1. The van der Waals surface area contributed by atoms with E-state index in [1.807, 2.05) is 7.05 Å². The smallest absolute Gasteiger partial charge is 0.341 e. The highest BCUT2D eigenvalue weighted by atomic mass is 35.5. The van der Waals surface area contributed by atoms with Crippen molar-refractivity contribution in [2.75, 3.05) is 30.8 Å². The van der Waals surface area contributed by atoms with Crippen LogP contribution in [0.4, 0.5) is 15.5 Å². The summed E-state index contributed by atoms with van der Waals surface area (Å²) in [5.74, 6) is -0.396. The molecule has 2 N–H and O–H groups in total. The first kappa shape index (κ1) is 18.7. The van der Waals surface area contributed by atoms with E-state index < -0.39 is 12.0 Å². The Balaban J connectivity index is 1.84. The van der Waals surface area contributed by atoms with Crippen LogP contribution >= 0.6 is 22.9 Å². The van der Waals surface area contributed by atoms with Crippen molar-refractivity contribution in [1.82, 2.24) is 4.90 Å². The Kier molecular flexibility index (Phi) is 5.80. The third kappa shape index (κ3) is 4.17. The highest BCUT2D eigenvalue weighted by Gasteiger charge is 2.28. The lowest BCUT2D eigenvalue weighted by Crippen LogP contribution is -2.26. The Morgan fingerprint density at radius 1 is 1.35 bits per heavy atom. The van der Waals surface area contributed by atoms with Gasteiger partial charge in [-0.3, -0.25) is 5.32 Å². The fourth-order valence-electron chi connectivity index (χ4n) is 2.87. The van der Waals surface area contributed by atoms with Gasteiger partial charge in [0.25, 0.3) is 0 Å². The highest BCUT2D eigenvalue weighted by Crippen LogP contribution is 2.37. The summed E-state index contributed by atoms with van der Waals surface area (Å²) >= 11 is 7.36. The van der Waals surface area contributed by atoms with Gasteiger partial charge in [0.2, 0.25) is 0 Å². The van der Waals surface area contributed by atoms with Crippen LogP contribution < -0.4 is 10.6 Å². The van der Waals surface area contributed by atoms with Gasteiger partial charge in [0.15, 0.2) is 0 Å². The third-order valence-electron chi connectivity index (χ3n) is 4.04. The van der Waals surface area contributed by atoms with Crippen LogP contribution in [0, 0.1) is 0 Å². The number of ether oxygens (including phenoxy) is 1. The zero-order valence-electron chi connectivity index (χ0n) is 14.6. The first-order valence-corrected chi connectivity index (χ1v) is 9.51. The topological polar surface area (TPSA) is 70.7 Å². The van der Waals surface area contributed by atoms with Crippen molar-refractivity contribution < 1.29 is 14.3 Å². The average Bonchev–Trinajstić information content (AvgIpc) is 2.91. The number of hydrogen-bond acceptors (Lipinski definition) is 5. The van der Waals surface area contributed by atoms with Gasteiger partial charge in [0, 0.05) is 28.7 Å². The maximum Gasteiger partial charge on any atom is 0.341 e. The molecule has 0 atom stereocenters. The van der Waals surface area contributed by atoms with Crippen molar-refractivity contribution in [3.05, 3.63) is 45.3 Å². The molecule has 0 aliphatic carbocycles. The maximum atomic E-state index is 12.4. The molecule has 1 aromatic heterocycles. The molecule has 138 valence electrons. The van der Waals surface area contributed by atoms with Crippen LogP contribution in [0.2, 0.25) is 5.02 Å². The van der Waals surface area contributed by atoms with Gasteiger partial charge in [-0.25, -0.2) is 9.59 Å². The molecule has 2 amide bonds. The van der Waals surface area contributed by atoms with E-state index >= 15 is 0 Å². The zero-order valence-corrected chi connectivity index (χ0v) is 16.2. The third-order valence-corrected chi connectivity index (χ3v) is 5.40. The minimum atomic E-state index is -0.426. The Morgan fingerprint density at radius 2 is 2.15 bits per heavy atom. The van der Waals surface area contributed by atoms with E-state index in [0.29, 0.717) is 21.3 Å². The maximum absolute atomic E-state index is 12.4. The van der Waals surface area contributed by atoms with Crippen molar-refractivity contribution >= 4 is 45.6 Å². The molecule has 0 radical (unpaired) electrons. The molecule has 2 aromatic rings. The SMILES string of the molecule is CCOC(=O)c1c(NC(=O)Nc2cccc(Cl)c2)sc2c1CCN(C)C2. The predicted molar refractivity (Wildman–Crippen MR) is 104 cm³/mol. The molecule has 6 nitrogen and oxygen atoms in total. The van der Waals surface area contributed by atoms with Gasteiger partial charge in [-0.2, -0.15) is 0 Å². The van der Waals surface area contributed by atoms with Crippen molar-refractivity contribution in [2.45, 2.75) is 19.9 Å². The van der Waals surface area contributed by atoms with Crippen LogP contribution in [-0.2, 0) is 17.7 Å². The van der Waals surface area contributed by atoms with Crippen LogP contribution in [0.1, 0.15) is 27.7 Å². The van der Waals surface area contributed by atoms with Gasteiger partial charge >= 0.3 is 12.0 Å². The molecule has 8 heteroatoms. The molecule has 0 bridgehead atoms. The number of fused-ring (bicyclic) bond motifs is 1. The molecular weight excluding hydrogens is 374 g/mol. The number of likely N-dealkylation sites (N-methyl/N-ethyl adjacent to an activating group) is 1. The lowest BCUT2D eigenvalue weighted by atomic mass is 10.0. The zero-order chi connectivity index (χ0) is 18.7. The molecular formula is C18H20ClN3O3S. The number of benzene rings is 1. The first-order valence-electron chi connectivity index (χ1n) is 8.31. The van der Waals surface area contributed by atoms with Gasteiger partial charge in [0.05, 0.1) is 12.2 Å². The first-order chi connectivity index (χ1) is 12.5. The van der Waals surface area contributed by atoms with E-state index in [-0.39, 0.29) is 6.61 Å². The Bertz CT molecular complexity index is 837. The monoisotopic (exact) mass is 393 g/mol. The minimum Gasteiger partial charge on any atom is -0.462 e. The van der Waals surface area contributed by atoms with Crippen molar-refractivity contribution in [3.63, 3.8) is 0 Å². The molecule has 2 heterocycles. The second kappa shape index (κ2) is 8.07. The van der Waals surface area contributed by atoms with Crippen LogP contribution in [-0.4, -0.2) is 37.1 Å². The summed E-state index contributed by atoms with van der Waals surface area (Å²) in [7, 11) is 2.03. The highest BCUT2D eigenvalue weighted by molar-refractivity contribution is 7.17. The molecule has 0 unspecified atom stereocenters. The van der Waals surface area contributed by atoms with Gasteiger partial charge in [-0.15, -0.1) is 11.3 Å². The number of amides is 2. The van der Waals surface area contributed by atoms with Crippen molar-refractivity contribution in [2.24, 2.45) is 0 Å². The number of rotatable bonds is 4. The number of thiophene rings is 1. The average molecular weight is 394 g/mol. The standard InChI is InChI=1S/C18H20ClN3O3S/c1-3-25-17(23)15-13-7-8-22(2)10-14(13)26-16(15)21-18(24)20-12-6-4-5-11(19)9-12/h4-6,9H,3,7-8,10H2,1-2H3,(H2,20,21,24). The van der Waals surface area contributed by atoms with Crippen LogP contribution in [0.15, 0.2) is 24.3 Å². The number of urea groups is 1. The molecule has 0 saturated carbocycles. The van der Waals surface area contributed by atoms with E-state index in [4.69, 9.17) is 16.3 Å². The Morgan fingerprint density at radius 3 is 2.88 bits per heavy atom. The molecule has 0 saturated heterocycles. The van der Waals surface area contributed by atoms with E-state index in [1.165, 1.54) is 11.3 Å². The fraction of sp³-hybridized carbons (Fsp3) is 0.333. The van der Waals surface area contributed by atoms with Crippen LogP contribution in [0.25, 0.3) is 0 Å². The summed E-state index contributed by atoms with van der Waals surface area (Å²) in [6.07, 6.45) is 0.758. The van der Waals surface area contributed by atoms with Gasteiger partial charge in [-0.1, -0.05) is 17.7 Å². The summed E-state index contributed by atoms with van der Waals surface area (Å²) < 4.78 is 5.20. The number of carbonyl (C=O) groups excluding carboxylic acids is 2. The van der Waals surface area contributed by atoms with Crippen molar-refractivity contribution in [1.29, 1.82) is 0 Å². The molecule has 0 spiro atoms. The lowest BCUT2D eigenvalue weighted by molar-refractivity contribution is 0.0526. The fourth-order valence-corrected chi connectivity index (χ4v) is 4.37. The van der Waals surface area contributed by atoms with E-state index in [9.17, 15) is 9.59 Å². The largest absolute Gasteiger partial charge is 0.462 e. The van der Waals surface area contributed by atoms with Crippen molar-refractivity contribution in [3.8, 4) is 0 Å². The van der Waals surface area contributed by atoms with Gasteiger partial charge in [0.1, 0.15) is 5.00 Å². The number of carbonyl (C=O) groups is 2. The Hall–Kier alpha value is -2.09. The second-order valence-corrected chi connectivity index (χ2v) is 7.55. The van der Waals surface area contributed by atoms with Crippen LogP contribution in [0.3, 0.4) is 0 Å². The lowest BCUT2D eigenvalue weighted by Gasteiger charge is -2.22. The van der Waals surface area contributed by atoms with Gasteiger partial charge < -0.3 is 15.0 Å². The molecule has 1 aliphatic rings. The predicted octanol–water partition coefficient (Wildman–Crippen LogP) is 4.21. The molecule has 1 aliphatic heterocycles. The molecule has 3 rings (SSSR count). The molecule has 0 fully saturated rings. The molecule has 26 heavy (non-hydrogen) atoms. The van der Waals surface area contributed by atoms with Gasteiger partial charge in [-0.05, 0) is 44.2 Å². The number of hydrogen-bond donors (Lipinski definition) is 2. The van der Waals surface area contributed by atoms with E-state index in [1.54, 1.807) is 31.2 Å². The molecule has 1 aromatic carbocycles. The number of anilines is 2. The number of nitrogens with one attached hydrogen (secondary N) is 2. The summed E-state index contributed by atoms with van der Waals surface area (Å²) in [5.41, 5.74) is 2.03. The number of esters is 1. The summed E-state index contributed by atoms with van der Waals surface area (Å²) in [6, 6.07) is 6.45. The quantitative estimate of drug-likeness (QED) is 0.763. The van der Waals surface area contributed by atoms with E-state index in [0.717, 1.165) is 30.0 Å². The second-order valence-electron chi connectivity index (χ2n) is 6.01. The van der Waals surface area contributed by atoms with E-state index in [2.05, 4.69) is 15.5 Å². The van der Waals surface area contributed by atoms with Crippen LogP contribution in [0.5, 0.6) is 0 Å². The summed E-state index contributed by atoms with van der Waals surface area (Å²) in [6.45, 7) is 3.68.